The van der Waals surface area contributed by atoms with E-state index in [4.69, 9.17) is 0 Å². The number of Topliss-reactive ketones (excluding diaryl/α,β-unsaturated/α-hetero) is 1. The summed E-state index contributed by atoms with van der Waals surface area (Å²) >= 11 is 3.32. The van der Waals surface area contributed by atoms with Crippen LogP contribution in [-0.2, 0) is 24.9 Å². The first kappa shape index (κ1) is 28.7. The van der Waals surface area contributed by atoms with E-state index in [0.29, 0.717) is 17.2 Å². The summed E-state index contributed by atoms with van der Waals surface area (Å²) in [5, 5.41) is 33.2. The van der Waals surface area contributed by atoms with E-state index in [-0.39, 0.29) is 43.5 Å². The number of fused-ring (bicyclic) bond motifs is 2. The van der Waals surface area contributed by atoms with Gasteiger partial charge in [0.2, 0.25) is 5.82 Å². The van der Waals surface area contributed by atoms with Gasteiger partial charge in [0.1, 0.15) is 11.6 Å². The van der Waals surface area contributed by atoms with Crippen LogP contribution in [0, 0.1) is 17.9 Å². The summed E-state index contributed by atoms with van der Waals surface area (Å²) in [5.74, 6) is 1.30. The van der Waals surface area contributed by atoms with E-state index in [1.165, 1.54) is 5.39 Å². The third kappa shape index (κ3) is 6.36. The van der Waals surface area contributed by atoms with E-state index in [2.05, 4.69) is 55.4 Å². The topological polar surface area (TPSA) is 88.9 Å². The Morgan fingerprint density at radius 2 is 1.43 bits per heavy atom. The van der Waals surface area contributed by atoms with Gasteiger partial charge in [-0.1, -0.05) is 56.8 Å². The third-order valence-corrected chi connectivity index (χ3v) is 7.57. The molecule has 1 radical (unpaired) electrons. The molecule has 0 aliphatic heterocycles. The fourth-order valence-corrected chi connectivity index (χ4v) is 5.50. The molecule has 37 heavy (non-hydrogen) atoms. The van der Waals surface area contributed by atoms with Crippen LogP contribution in [-0.4, -0.2) is 31.3 Å². The molecule has 2 aromatic carbocycles. The van der Waals surface area contributed by atoms with Gasteiger partial charge in [0.25, 0.3) is 0 Å². The molecule has 6 nitrogen and oxygen atoms in total. The Labute approximate surface area is 237 Å². The summed E-state index contributed by atoms with van der Waals surface area (Å²) in [4.78, 5) is 11.4. The van der Waals surface area contributed by atoms with E-state index in [1.807, 2.05) is 52.0 Å². The van der Waals surface area contributed by atoms with Crippen LogP contribution >= 0.6 is 22.7 Å². The zero-order valence-corrected chi connectivity index (χ0v) is 25.2. The van der Waals surface area contributed by atoms with Crippen molar-refractivity contribution in [2.45, 2.75) is 34.6 Å². The van der Waals surface area contributed by atoms with Crippen LogP contribution < -0.4 is 0 Å². The summed E-state index contributed by atoms with van der Waals surface area (Å²) in [5.41, 5.74) is 2.32. The number of rotatable bonds is 5. The largest absolute Gasteiger partial charge is 0.512 e. The van der Waals surface area contributed by atoms with E-state index in [0.717, 1.165) is 25.9 Å². The van der Waals surface area contributed by atoms with Gasteiger partial charge in [-0.25, -0.2) is 0 Å². The van der Waals surface area contributed by atoms with Gasteiger partial charge in [-0.05, 0) is 39.9 Å². The van der Waals surface area contributed by atoms with Gasteiger partial charge in [0.05, 0.1) is 0 Å². The van der Waals surface area contributed by atoms with Gasteiger partial charge in [-0.15, -0.1) is 39.7 Å². The average Bonchev–Trinajstić information content (AvgIpc) is 3.57. The molecule has 0 fully saturated rings. The summed E-state index contributed by atoms with van der Waals surface area (Å²) in [7, 11) is 0. The number of carbonyl (C=O) groups is 1. The van der Waals surface area contributed by atoms with Crippen molar-refractivity contribution in [3.63, 3.8) is 0 Å². The molecule has 0 bridgehead atoms. The summed E-state index contributed by atoms with van der Waals surface area (Å²) in [6, 6.07) is 17.4. The van der Waals surface area contributed by atoms with Crippen LogP contribution in [0.15, 0.2) is 64.6 Å². The molecule has 3 aromatic heterocycles. The van der Waals surface area contributed by atoms with Crippen molar-refractivity contribution in [1.82, 2.24) is 20.4 Å². The molecule has 3 heterocycles. The number of aromatic nitrogens is 4. The van der Waals surface area contributed by atoms with Crippen LogP contribution in [0.2, 0.25) is 0 Å². The Bertz CT molecular complexity index is 1450. The molecule has 0 aliphatic rings. The Balaban J connectivity index is 0.000000253. The fraction of sp³-hybridized carbons (Fsp3) is 0.250. The van der Waals surface area contributed by atoms with Crippen LogP contribution in [0.1, 0.15) is 34.6 Å². The molecule has 193 valence electrons. The quantitative estimate of drug-likeness (QED) is 0.116. The molecule has 0 spiro atoms. The Kier molecular flexibility index (Phi) is 9.79. The van der Waals surface area contributed by atoms with E-state index >= 15 is 0 Å². The van der Waals surface area contributed by atoms with Crippen molar-refractivity contribution in [2.75, 3.05) is 0 Å². The second-order valence-corrected chi connectivity index (χ2v) is 10.8. The predicted octanol–water partition coefficient (Wildman–Crippen LogP) is 7.53. The SMILES string of the molecule is C/C(C(=O)C(C)C)=C(/O)C(C)C.[Ir].[c-]1ccc2ccsc2c1-c1nnc(-c2cccc3ccsc23)nn1. The smallest absolute Gasteiger partial charge is 0.203 e. The maximum Gasteiger partial charge on any atom is 0.203 e. The zero-order valence-electron chi connectivity index (χ0n) is 21.1. The second-order valence-electron chi connectivity index (χ2n) is 8.93. The minimum absolute atomic E-state index is 0. The number of hydrogen-bond acceptors (Lipinski definition) is 8. The molecular formula is C28H27IrN4O2S2-. The molecule has 9 heteroatoms. The van der Waals surface area contributed by atoms with Crippen LogP contribution in [0.25, 0.3) is 42.9 Å². The van der Waals surface area contributed by atoms with Crippen molar-refractivity contribution >= 4 is 48.6 Å². The van der Waals surface area contributed by atoms with Crippen molar-refractivity contribution < 1.29 is 30.0 Å². The molecule has 5 aromatic rings. The Morgan fingerprint density at radius 3 is 2.05 bits per heavy atom. The molecule has 0 saturated heterocycles. The monoisotopic (exact) mass is 708 g/mol. The van der Waals surface area contributed by atoms with Crippen LogP contribution in [0.5, 0.6) is 0 Å². The maximum atomic E-state index is 11.4. The first-order valence-electron chi connectivity index (χ1n) is 11.6. The number of hydrogen-bond donors (Lipinski definition) is 1. The number of aliphatic hydroxyl groups is 1. The number of ketones is 1. The van der Waals surface area contributed by atoms with E-state index < -0.39 is 0 Å². The number of carbonyl (C=O) groups excluding carboxylic acids is 1. The van der Waals surface area contributed by atoms with Gasteiger partial charge >= 0.3 is 0 Å². The van der Waals surface area contributed by atoms with Crippen molar-refractivity contribution in [2.24, 2.45) is 11.8 Å². The maximum absolute atomic E-state index is 11.4. The molecule has 0 saturated carbocycles. The molecule has 0 unspecified atom stereocenters. The molecule has 0 amide bonds. The van der Waals surface area contributed by atoms with Gasteiger partial charge in [-0.3, -0.25) is 4.79 Å². The number of nitrogens with zero attached hydrogens (tertiary/aromatic N) is 4. The van der Waals surface area contributed by atoms with Gasteiger partial charge in [-0.2, -0.15) is 21.5 Å². The number of thiophene rings is 2. The summed E-state index contributed by atoms with van der Waals surface area (Å²) in [6.07, 6.45) is 0. The Hall–Kier alpha value is -2.84. The number of benzene rings is 2. The van der Waals surface area contributed by atoms with Crippen molar-refractivity contribution in [1.29, 1.82) is 0 Å². The first-order valence-corrected chi connectivity index (χ1v) is 13.4. The van der Waals surface area contributed by atoms with Crippen LogP contribution in [0.3, 0.4) is 0 Å². The van der Waals surface area contributed by atoms with Crippen molar-refractivity contribution in [3.8, 4) is 22.8 Å². The molecule has 0 atom stereocenters. The number of allylic oxidation sites excluding steroid dienone is 2. The predicted molar refractivity (Wildman–Crippen MR) is 148 cm³/mol. The fourth-order valence-electron chi connectivity index (χ4n) is 3.70. The number of aliphatic hydroxyl groups excluding tert-OH is 1. The van der Waals surface area contributed by atoms with E-state index in [9.17, 15) is 9.90 Å². The van der Waals surface area contributed by atoms with Gasteiger partial charge in [0.15, 0.2) is 5.78 Å². The van der Waals surface area contributed by atoms with Crippen molar-refractivity contribution in [3.05, 3.63) is 70.6 Å². The van der Waals surface area contributed by atoms with Gasteiger partial charge in [0, 0.05) is 47.8 Å². The zero-order chi connectivity index (χ0) is 25.8. The standard InChI is InChI=1S/C18H9N4S2.C10H18O2.Ir/c1-3-11-7-9-23-15(11)13(5-1)17-19-21-18(22-20-17)14-6-2-4-12-8-10-24-16(12)14;1-6(2)9(11)8(5)10(12)7(3)4;/h1-5,7-10H;6-7,11H,1-5H3;/q-1;;/b;9-8-;. The third-order valence-electron chi connectivity index (χ3n) is 5.66. The Morgan fingerprint density at radius 1 is 0.838 bits per heavy atom. The second kappa shape index (κ2) is 12.6. The average molecular weight is 708 g/mol. The van der Waals surface area contributed by atoms with Gasteiger partial charge < -0.3 is 5.11 Å². The minimum Gasteiger partial charge on any atom is -0.512 e. The summed E-state index contributed by atoms with van der Waals surface area (Å²) < 4.78 is 2.26. The molecule has 1 N–H and O–H groups in total. The molecule has 0 aliphatic carbocycles. The summed E-state index contributed by atoms with van der Waals surface area (Å²) in [6.45, 7) is 9.08. The molecular weight excluding hydrogens is 681 g/mol. The van der Waals surface area contributed by atoms with Crippen LogP contribution in [0.4, 0.5) is 0 Å². The minimum atomic E-state index is -0.0362. The first-order chi connectivity index (χ1) is 17.3. The molecule has 5 rings (SSSR count). The van der Waals surface area contributed by atoms with E-state index in [1.54, 1.807) is 29.6 Å². The normalized spacial score (nSPS) is 11.8.